The van der Waals surface area contributed by atoms with Gasteiger partial charge in [-0.15, -0.1) is 0 Å². The highest BCUT2D eigenvalue weighted by Crippen LogP contribution is 2.41. The molecule has 154 valence electrons. The predicted octanol–water partition coefficient (Wildman–Crippen LogP) is 4.68. The Labute approximate surface area is 179 Å². The minimum absolute atomic E-state index is 0.0875. The largest absolute Gasteiger partial charge is 0.299 e. The second-order valence-electron chi connectivity index (χ2n) is 8.23. The van der Waals surface area contributed by atoms with E-state index < -0.39 is 5.54 Å². The Hall–Kier alpha value is -2.70. The van der Waals surface area contributed by atoms with Crippen molar-refractivity contribution < 1.29 is 9.18 Å². The van der Waals surface area contributed by atoms with Crippen LogP contribution in [0.25, 0.3) is 10.9 Å². The van der Waals surface area contributed by atoms with Gasteiger partial charge in [0.1, 0.15) is 5.82 Å². The van der Waals surface area contributed by atoms with Gasteiger partial charge in [0.05, 0.1) is 16.7 Å². The molecule has 1 aromatic heterocycles. The lowest BCUT2D eigenvalue weighted by Gasteiger charge is -2.47. The summed E-state index contributed by atoms with van der Waals surface area (Å²) in [5.74, 6) is -0.423. The molecule has 0 bridgehead atoms. The third-order valence-corrected chi connectivity index (χ3v) is 6.56. The number of rotatable bonds is 3. The summed E-state index contributed by atoms with van der Waals surface area (Å²) in [5, 5.41) is 9.25. The third kappa shape index (κ3) is 3.20. The van der Waals surface area contributed by atoms with Crippen LogP contribution in [0.2, 0.25) is 5.02 Å². The number of nitrogens with one attached hydrogen (secondary N) is 1. The van der Waals surface area contributed by atoms with Crippen LogP contribution in [0.4, 0.5) is 10.1 Å². The summed E-state index contributed by atoms with van der Waals surface area (Å²) in [6.07, 6.45) is 5.18. The molecule has 2 aliphatic rings. The molecule has 1 amide bonds. The van der Waals surface area contributed by atoms with E-state index in [0.29, 0.717) is 10.7 Å². The molecular formula is C23H22ClFN4O. The Balaban J connectivity index is 1.38. The van der Waals surface area contributed by atoms with E-state index in [4.69, 9.17) is 11.6 Å². The predicted molar refractivity (Wildman–Crippen MR) is 116 cm³/mol. The SMILES string of the molecule is C[C@@H]1C[C@]2(C=CC(=O)N2c2cccc(F)c2)CCN1Cc1[nH]nc2ccc(Cl)cc12. The molecule has 0 unspecified atom stereocenters. The van der Waals surface area contributed by atoms with Gasteiger partial charge in [0.2, 0.25) is 0 Å². The summed E-state index contributed by atoms with van der Waals surface area (Å²) in [7, 11) is 0. The molecule has 1 fully saturated rings. The van der Waals surface area contributed by atoms with E-state index >= 15 is 0 Å². The Morgan fingerprint density at radius 2 is 2.17 bits per heavy atom. The highest BCUT2D eigenvalue weighted by atomic mass is 35.5. The maximum Gasteiger partial charge on any atom is 0.251 e. The van der Waals surface area contributed by atoms with Crippen molar-refractivity contribution in [2.45, 2.75) is 37.9 Å². The van der Waals surface area contributed by atoms with Gasteiger partial charge >= 0.3 is 0 Å². The number of anilines is 1. The number of piperidine rings is 1. The van der Waals surface area contributed by atoms with Crippen molar-refractivity contribution >= 4 is 34.1 Å². The maximum atomic E-state index is 13.8. The lowest BCUT2D eigenvalue weighted by Crippen LogP contribution is -2.56. The minimum atomic E-state index is -0.417. The fourth-order valence-electron chi connectivity index (χ4n) is 4.84. The second-order valence-corrected chi connectivity index (χ2v) is 8.66. The number of carbonyl (C=O) groups excluding carboxylic acids is 1. The van der Waals surface area contributed by atoms with Crippen LogP contribution in [-0.4, -0.2) is 39.1 Å². The zero-order valence-electron chi connectivity index (χ0n) is 16.6. The molecule has 5 rings (SSSR count). The zero-order chi connectivity index (χ0) is 20.9. The van der Waals surface area contributed by atoms with Gasteiger partial charge in [0.15, 0.2) is 0 Å². The Morgan fingerprint density at radius 3 is 2.97 bits per heavy atom. The van der Waals surface area contributed by atoms with Crippen LogP contribution in [0.15, 0.2) is 54.6 Å². The van der Waals surface area contributed by atoms with Crippen LogP contribution < -0.4 is 4.90 Å². The van der Waals surface area contributed by atoms with Crippen molar-refractivity contribution in [2.24, 2.45) is 0 Å². The smallest absolute Gasteiger partial charge is 0.251 e. The number of fused-ring (bicyclic) bond motifs is 1. The molecule has 3 aromatic rings. The molecule has 0 saturated carbocycles. The number of H-pyrrole nitrogens is 1. The number of likely N-dealkylation sites (tertiary alicyclic amines) is 1. The average molecular weight is 425 g/mol. The first-order chi connectivity index (χ1) is 14.4. The highest BCUT2D eigenvalue weighted by Gasteiger charge is 2.46. The van der Waals surface area contributed by atoms with Gasteiger partial charge in [-0.25, -0.2) is 4.39 Å². The zero-order valence-corrected chi connectivity index (χ0v) is 17.4. The number of carbonyl (C=O) groups is 1. The first-order valence-corrected chi connectivity index (χ1v) is 10.5. The fraction of sp³-hybridized carbons (Fsp3) is 0.304. The standard InChI is InChI=1S/C23H22ClFN4O/c1-15-13-23(8-7-22(30)29(23)18-4-2-3-17(25)12-18)9-10-28(15)14-21-19-11-16(24)5-6-20(19)26-27-21/h2-8,11-12,15H,9-10,13-14H2,1H3,(H,26,27)/t15-,23+/m1/s1. The van der Waals surface area contributed by atoms with Gasteiger partial charge in [-0.2, -0.15) is 5.10 Å². The monoisotopic (exact) mass is 424 g/mol. The van der Waals surface area contributed by atoms with E-state index in [0.717, 1.165) is 42.5 Å². The second kappa shape index (κ2) is 7.22. The molecule has 2 aliphatic heterocycles. The van der Waals surface area contributed by atoms with Crippen molar-refractivity contribution in [3.05, 3.63) is 71.2 Å². The van der Waals surface area contributed by atoms with Gasteiger partial charge in [-0.1, -0.05) is 23.7 Å². The van der Waals surface area contributed by atoms with Crippen LogP contribution >= 0.6 is 11.6 Å². The molecular weight excluding hydrogens is 403 g/mol. The van der Waals surface area contributed by atoms with Crippen LogP contribution in [0.5, 0.6) is 0 Å². The number of nitrogens with zero attached hydrogens (tertiary/aromatic N) is 3. The number of halogens is 2. The van der Waals surface area contributed by atoms with Crippen molar-refractivity contribution in [3.63, 3.8) is 0 Å². The summed E-state index contributed by atoms with van der Waals surface area (Å²) in [6, 6.07) is 12.2. The van der Waals surface area contributed by atoms with Gasteiger partial charge in [0.25, 0.3) is 5.91 Å². The molecule has 30 heavy (non-hydrogen) atoms. The van der Waals surface area contributed by atoms with Crippen LogP contribution in [0.3, 0.4) is 0 Å². The van der Waals surface area contributed by atoms with Crippen molar-refractivity contribution in [1.82, 2.24) is 15.1 Å². The summed E-state index contributed by atoms with van der Waals surface area (Å²) >= 11 is 6.17. The van der Waals surface area contributed by atoms with E-state index in [2.05, 4.69) is 22.0 Å². The van der Waals surface area contributed by atoms with E-state index in [1.165, 1.54) is 12.1 Å². The molecule has 1 saturated heterocycles. The number of aromatic nitrogens is 2. The summed E-state index contributed by atoms with van der Waals surface area (Å²) in [5.41, 5.74) is 2.13. The molecule has 5 nitrogen and oxygen atoms in total. The third-order valence-electron chi connectivity index (χ3n) is 6.33. The summed E-state index contributed by atoms with van der Waals surface area (Å²) < 4.78 is 13.8. The molecule has 2 atom stereocenters. The van der Waals surface area contributed by atoms with E-state index in [9.17, 15) is 9.18 Å². The number of amides is 1. The maximum absolute atomic E-state index is 13.8. The van der Waals surface area contributed by atoms with Gasteiger partial charge in [-0.3, -0.25) is 19.7 Å². The number of hydrogen-bond donors (Lipinski definition) is 1. The van der Waals surface area contributed by atoms with E-state index in [1.54, 1.807) is 23.1 Å². The highest BCUT2D eigenvalue weighted by molar-refractivity contribution is 6.31. The van der Waals surface area contributed by atoms with E-state index in [1.807, 2.05) is 24.3 Å². The Bertz CT molecular complexity index is 1160. The summed E-state index contributed by atoms with van der Waals surface area (Å²) in [4.78, 5) is 16.8. The van der Waals surface area contributed by atoms with Crippen molar-refractivity contribution in [1.29, 1.82) is 0 Å². The van der Waals surface area contributed by atoms with Crippen molar-refractivity contribution in [3.8, 4) is 0 Å². The molecule has 0 radical (unpaired) electrons. The van der Waals surface area contributed by atoms with E-state index in [-0.39, 0.29) is 17.8 Å². The van der Waals surface area contributed by atoms with Gasteiger partial charge in [0, 0.05) is 41.3 Å². The number of benzene rings is 2. The number of aromatic amines is 1. The topological polar surface area (TPSA) is 52.2 Å². The van der Waals surface area contributed by atoms with Crippen LogP contribution in [-0.2, 0) is 11.3 Å². The molecule has 1 spiro atoms. The van der Waals surface area contributed by atoms with Crippen LogP contribution in [0.1, 0.15) is 25.5 Å². The molecule has 1 N–H and O–H groups in total. The normalized spacial score (nSPS) is 24.4. The molecule has 7 heteroatoms. The van der Waals surface area contributed by atoms with Crippen molar-refractivity contribution in [2.75, 3.05) is 11.4 Å². The van der Waals surface area contributed by atoms with Crippen LogP contribution in [0, 0.1) is 5.82 Å². The van der Waals surface area contributed by atoms with Gasteiger partial charge in [-0.05, 0) is 56.2 Å². The molecule has 3 heterocycles. The quantitative estimate of drug-likeness (QED) is 0.664. The Morgan fingerprint density at radius 1 is 1.30 bits per heavy atom. The lowest BCUT2D eigenvalue weighted by molar-refractivity contribution is -0.114. The first kappa shape index (κ1) is 19.3. The molecule has 0 aliphatic carbocycles. The Kier molecular flexibility index (Phi) is 4.64. The van der Waals surface area contributed by atoms with Gasteiger partial charge < -0.3 is 0 Å². The first-order valence-electron chi connectivity index (χ1n) is 10.1. The number of hydrogen-bond acceptors (Lipinski definition) is 3. The lowest BCUT2D eigenvalue weighted by atomic mass is 9.83. The molecule has 2 aromatic carbocycles. The summed E-state index contributed by atoms with van der Waals surface area (Å²) in [6.45, 7) is 3.71. The average Bonchev–Trinajstić information content (AvgIpc) is 3.25. The fourth-order valence-corrected chi connectivity index (χ4v) is 5.02. The minimum Gasteiger partial charge on any atom is -0.299 e.